The van der Waals surface area contributed by atoms with Crippen molar-refractivity contribution < 1.29 is 18.7 Å². The molecule has 1 aromatic heterocycles. The fourth-order valence-electron chi connectivity index (χ4n) is 1.03. The summed E-state index contributed by atoms with van der Waals surface area (Å²) in [6.07, 6.45) is 0.301. The topological polar surface area (TPSA) is 82.3 Å². The molecule has 94 valence electrons. The summed E-state index contributed by atoms with van der Waals surface area (Å²) >= 11 is 1.17. The molecule has 1 heterocycles. The van der Waals surface area contributed by atoms with Gasteiger partial charge in [-0.25, -0.2) is 0 Å². The number of hydrogen-bond acceptors (Lipinski definition) is 7. The second-order valence-electron chi connectivity index (χ2n) is 3.22. The van der Waals surface area contributed by atoms with Crippen LogP contribution in [0, 0.1) is 6.92 Å². The van der Waals surface area contributed by atoms with Crippen molar-refractivity contribution in [3.8, 4) is 0 Å². The number of ketones is 1. The number of thioether (sulfide) groups is 1. The van der Waals surface area contributed by atoms with Gasteiger partial charge in [0.2, 0.25) is 5.89 Å². The second kappa shape index (κ2) is 7.05. The number of hydrogen-bond donors (Lipinski definition) is 0. The molecule has 7 heteroatoms. The summed E-state index contributed by atoms with van der Waals surface area (Å²) in [6, 6.07) is 0. The fourth-order valence-corrected chi connectivity index (χ4v) is 1.73. The maximum absolute atomic E-state index is 11.4. The lowest BCUT2D eigenvalue weighted by Gasteiger charge is -2.00. The van der Waals surface area contributed by atoms with Gasteiger partial charge in [-0.1, -0.05) is 11.8 Å². The van der Waals surface area contributed by atoms with Crippen LogP contribution in [0.4, 0.5) is 0 Å². The Balaban J connectivity index is 2.19. The molecule has 1 aromatic rings. The molecular weight excluding hydrogens is 244 g/mol. The van der Waals surface area contributed by atoms with Crippen LogP contribution in [0.5, 0.6) is 0 Å². The Bertz CT molecular complexity index is 391. The standard InChI is InChI=1S/C10H14N2O4S/c1-3-15-9(14)5-4-8(13)6-17-10-12-11-7(2)16-10/h3-6H2,1-2H3. The van der Waals surface area contributed by atoms with E-state index in [-0.39, 0.29) is 30.3 Å². The minimum absolute atomic E-state index is 0.0427. The van der Waals surface area contributed by atoms with E-state index in [9.17, 15) is 9.59 Å². The van der Waals surface area contributed by atoms with Gasteiger partial charge in [0.15, 0.2) is 0 Å². The van der Waals surface area contributed by atoms with Gasteiger partial charge in [-0.05, 0) is 6.92 Å². The molecule has 0 bridgehead atoms. The van der Waals surface area contributed by atoms with Crippen molar-refractivity contribution in [3.63, 3.8) is 0 Å². The van der Waals surface area contributed by atoms with E-state index in [0.29, 0.717) is 17.7 Å². The summed E-state index contributed by atoms with van der Waals surface area (Å²) in [6.45, 7) is 3.75. The highest BCUT2D eigenvalue weighted by Gasteiger charge is 2.10. The predicted octanol–water partition coefficient (Wildman–Crippen LogP) is 1.38. The highest BCUT2D eigenvalue weighted by Crippen LogP contribution is 2.16. The number of rotatable bonds is 7. The van der Waals surface area contributed by atoms with Gasteiger partial charge in [-0.3, -0.25) is 9.59 Å². The van der Waals surface area contributed by atoms with Gasteiger partial charge in [0, 0.05) is 13.3 Å². The Hall–Kier alpha value is -1.37. The zero-order valence-electron chi connectivity index (χ0n) is 9.76. The molecular formula is C10H14N2O4S. The zero-order chi connectivity index (χ0) is 12.7. The monoisotopic (exact) mass is 258 g/mol. The van der Waals surface area contributed by atoms with Crippen molar-refractivity contribution in [2.45, 2.75) is 31.9 Å². The van der Waals surface area contributed by atoms with Crippen LogP contribution >= 0.6 is 11.8 Å². The van der Waals surface area contributed by atoms with E-state index in [0.717, 1.165) is 0 Å². The Morgan fingerprint density at radius 1 is 1.35 bits per heavy atom. The molecule has 0 aliphatic rings. The largest absolute Gasteiger partial charge is 0.466 e. The third-order valence-electron chi connectivity index (χ3n) is 1.78. The molecule has 0 spiro atoms. The summed E-state index contributed by atoms with van der Waals surface area (Å²) in [7, 11) is 0. The summed E-state index contributed by atoms with van der Waals surface area (Å²) in [5, 5.41) is 7.75. The molecule has 1 rings (SSSR count). The van der Waals surface area contributed by atoms with Crippen molar-refractivity contribution in [2.75, 3.05) is 12.4 Å². The van der Waals surface area contributed by atoms with Gasteiger partial charge < -0.3 is 9.15 Å². The SMILES string of the molecule is CCOC(=O)CCC(=O)CSc1nnc(C)o1. The highest BCUT2D eigenvalue weighted by atomic mass is 32.2. The van der Waals surface area contributed by atoms with E-state index in [2.05, 4.69) is 10.2 Å². The van der Waals surface area contributed by atoms with E-state index < -0.39 is 0 Å². The summed E-state index contributed by atoms with van der Waals surface area (Å²) < 4.78 is 9.81. The van der Waals surface area contributed by atoms with E-state index in [1.165, 1.54) is 11.8 Å². The molecule has 0 N–H and O–H groups in total. The van der Waals surface area contributed by atoms with E-state index in [1.54, 1.807) is 13.8 Å². The number of aryl methyl sites for hydroxylation is 1. The number of aromatic nitrogens is 2. The Morgan fingerprint density at radius 3 is 2.71 bits per heavy atom. The van der Waals surface area contributed by atoms with Gasteiger partial charge >= 0.3 is 5.97 Å². The third kappa shape index (κ3) is 5.48. The number of nitrogens with zero attached hydrogens (tertiary/aromatic N) is 2. The Morgan fingerprint density at radius 2 is 2.12 bits per heavy atom. The molecule has 0 aromatic carbocycles. The number of carbonyl (C=O) groups excluding carboxylic acids is 2. The van der Waals surface area contributed by atoms with Crippen LogP contribution in [0.15, 0.2) is 9.64 Å². The van der Waals surface area contributed by atoms with E-state index in [1.807, 2.05) is 0 Å². The minimum Gasteiger partial charge on any atom is -0.466 e. The van der Waals surface area contributed by atoms with Crippen LogP contribution in [0.2, 0.25) is 0 Å². The Labute approximate surface area is 103 Å². The average molecular weight is 258 g/mol. The van der Waals surface area contributed by atoms with Crippen LogP contribution in [-0.2, 0) is 14.3 Å². The summed E-state index contributed by atoms with van der Waals surface area (Å²) in [5.41, 5.74) is 0. The molecule has 0 saturated carbocycles. The minimum atomic E-state index is -0.348. The molecule has 0 amide bonds. The van der Waals surface area contributed by atoms with Crippen molar-refractivity contribution in [1.29, 1.82) is 0 Å². The smallest absolute Gasteiger partial charge is 0.306 e. The summed E-state index contributed by atoms with van der Waals surface area (Å²) in [5.74, 6) is 0.297. The maximum Gasteiger partial charge on any atom is 0.306 e. The Kier molecular flexibility index (Phi) is 5.68. The first kappa shape index (κ1) is 13.7. The van der Waals surface area contributed by atoms with E-state index >= 15 is 0 Å². The number of Topliss-reactive ketones (excluding diaryl/α,β-unsaturated/α-hetero) is 1. The third-order valence-corrected chi connectivity index (χ3v) is 2.66. The molecule has 0 radical (unpaired) electrons. The molecule has 0 aliphatic carbocycles. The van der Waals surface area contributed by atoms with Gasteiger partial charge in [0.25, 0.3) is 5.22 Å². The van der Waals surface area contributed by atoms with Crippen LogP contribution in [-0.4, -0.2) is 34.3 Å². The molecule has 6 nitrogen and oxygen atoms in total. The molecule has 0 aliphatic heterocycles. The van der Waals surface area contributed by atoms with Gasteiger partial charge in [-0.15, -0.1) is 10.2 Å². The van der Waals surface area contributed by atoms with Crippen molar-refractivity contribution in [3.05, 3.63) is 5.89 Å². The van der Waals surface area contributed by atoms with Gasteiger partial charge in [-0.2, -0.15) is 0 Å². The predicted molar refractivity (Wildman–Crippen MR) is 60.6 cm³/mol. The van der Waals surface area contributed by atoms with Crippen LogP contribution in [0.25, 0.3) is 0 Å². The first-order chi connectivity index (χ1) is 8.11. The lowest BCUT2D eigenvalue weighted by atomic mass is 10.2. The normalized spacial score (nSPS) is 10.2. The summed E-state index contributed by atoms with van der Waals surface area (Å²) in [4.78, 5) is 22.4. The molecule has 0 saturated heterocycles. The molecule has 0 unspecified atom stereocenters. The molecule has 17 heavy (non-hydrogen) atoms. The van der Waals surface area contributed by atoms with Crippen molar-refractivity contribution in [2.24, 2.45) is 0 Å². The fraction of sp³-hybridized carbons (Fsp3) is 0.600. The first-order valence-corrected chi connectivity index (χ1v) is 6.20. The second-order valence-corrected chi connectivity index (χ2v) is 4.15. The van der Waals surface area contributed by atoms with Crippen LogP contribution in [0.3, 0.4) is 0 Å². The zero-order valence-corrected chi connectivity index (χ0v) is 10.6. The van der Waals surface area contributed by atoms with Gasteiger partial charge in [0.1, 0.15) is 5.78 Å². The van der Waals surface area contributed by atoms with Gasteiger partial charge in [0.05, 0.1) is 18.8 Å². The average Bonchev–Trinajstić information content (AvgIpc) is 2.70. The van der Waals surface area contributed by atoms with Crippen LogP contribution < -0.4 is 0 Å². The molecule has 0 fully saturated rings. The lowest BCUT2D eigenvalue weighted by molar-refractivity contribution is -0.144. The van der Waals surface area contributed by atoms with Crippen molar-refractivity contribution >= 4 is 23.5 Å². The number of esters is 1. The number of ether oxygens (including phenoxy) is 1. The first-order valence-electron chi connectivity index (χ1n) is 5.22. The lowest BCUT2D eigenvalue weighted by Crippen LogP contribution is -2.09. The van der Waals surface area contributed by atoms with E-state index in [4.69, 9.17) is 9.15 Å². The van der Waals surface area contributed by atoms with Crippen molar-refractivity contribution in [1.82, 2.24) is 10.2 Å². The highest BCUT2D eigenvalue weighted by molar-refractivity contribution is 7.99. The number of carbonyl (C=O) groups is 2. The quantitative estimate of drug-likeness (QED) is 0.539. The maximum atomic E-state index is 11.4. The molecule has 0 atom stereocenters. The van der Waals surface area contributed by atoms with Crippen LogP contribution in [0.1, 0.15) is 25.7 Å².